The van der Waals surface area contributed by atoms with Crippen LogP contribution < -0.4 is 5.32 Å². The summed E-state index contributed by atoms with van der Waals surface area (Å²) in [4.78, 5) is 6.86. The number of hydrogen-bond donors (Lipinski definition) is 1. The number of hydrogen-bond acceptors (Lipinski definition) is 4. The molecule has 0 spiro atoms. The SMILES string of the molecule is CCNC(Cc1ncnn1C)C1(N(C)C)CCCCC1. The number of aryl methyl sites for hydroxylation is 1. The van der Waals surface area contributed by atoms with Gasteiger partial charge in [-0.15, -0.1) is 0 Å². The van der Waals surface area contributed by atoms with E-state index in [1.54, 1.807) is 6.33 Å². The van der Waals surface area contributed by atoms with E-state index >= 15 is 0 Å². The van der Waals surface area contributed by atoms with Crippen LogP contribution in [0.3, 0.4) is 0 Å². The Morgan fingerprint density at radius 1 is 1.35 bits per heavy atom. The first-order valence-electron chi connectivity index (χ1n) is 7.84. The number of nitrogens with one attached hydrogen (secondary N) is 1. The van der Waals surface area contributed by atoms with Gasteiger partial charge < -0.3 is 10.2 Å². The molecule has 1 aliphatic carbocycles. The maximum absolute atomic E-state index is 4.42. The summed E-state index contributed by atoms with van der Waals surface area (Å²) in [6.07, 6.45) is 9.19. The monoisotopic (exact) mass is 279 g/mol. The Morgan fingerprint density at radius 3 is 2.55 bits per heavy atom. The molecule has 0 bridgehead atoms. The maximum atomic E-state index is 4.42. The van der Waals surface area contributed by atoms with E-state index in [2.05, 4.69) is 41.3 Å². The van der Waals surface area contributed by atoms with Crippen molar-refractivity contribution >= 4 is 0 Å². The fourth-order valence-electron chi connectivity index (χ4n) is 3.66. The standard InChI is InChI=1S/C15H29N5/c1-5-16-13(11-14-17-12-18-20(14)4)15(19(2)3)9-7-6-8-10-15/h12-13,16H,5-11H2,1-4H3. The van der Waals surface area contributed by atoms with Gasteiger partial charge in [0.2, 0.25) is 0 Å². The van der Waals surface area contributed by atoms with E-state index in [0.29, 0.717) is 6.04 Å². The average Bonchev–Trinajstić information content (AvgIpc) is 2.84. The van der Waals surface area contributed by atoms with Gasteiger partial charge in [-0.05, 0) is 33.5 Å². The molecule has 0 radical (unpaired) electrons. The molecule has 1 saturated carbocycles. The van der Waals surface area contributed by atoms with Gasteiger partial charge in [-0.1, -0.05) is 26.2 Å². The van der Waals surface area contributed by atoms with Gasteiger partial charge in [0, 0.05) is 25.0 Å². The molecule has 0 amide bonds. The Bertz CT molecular complexity index is 406. The third-order valence-electron chi connectivity index (χ3n) is 4.90. The van der Waals surface area contributed by atoms with Gasteiger partial charge in [0.15, 0.2) is 0 Å². The molecule has 0 aliphatic heterocycles. The summed E-state index contributed by atoms with van der Waals surface area (Å²) in [5, 5.41) is 7.92. The molecule has 1 N–H and O–H groups in total. The second-order valence-corrected chi connectivity index (χ2v) is 6.17. The molecule has 1 aromatic heterocycles. The molecule has 20 heavy (non-hydrogen) atoms. The van der Waals surface area contributed by atoms with Crippen molar-refractivity contribution in [1.82, 2.24) is 25.0 Å². The molecule has 0 saturated heterocycles. The predicted molar refractivity (Wildman–Crippen MR) is 81.7 cm³/mol. The van der Waals surface area contributed by atoms with Crippen LogP contribution in [-0.4, -0.2) is 51.9 Å². The van der Waals surface area contributed by atoms with E-state index < -0.39 is 0 Å². The van der Waals surface area contributed by atoms with Crippen LogP contribution in [0, 0.1) is 0 Å². The van der Waals surface area contributed by atoms with Gasteiger partial charge in [-0.2, -0.15) is 5.10 Å². The summed E-state index contributed by atoms with van der Waals surface area (Å²) in [6, 6.07) is 0.436. The van der Waals surface area contributed by atoms with E-state index in [9.17, 15) is 0 Å². The molecule has 1 unspecified atom stereocenters. The van der Waals surface area contributed by atoms with E-state index in [1.807, 2.05) is 11.7 Å². The zero-order chi connectivity index (χ0) is 14.6. The van der Waals surface area contributed by atoms with Crippen LogP contribution in [0.2, 0.25) is 0 Å². The first-order valence-corrected chi connectivity index (χ1v) is 7.84. The maximum Gasteiger partial charge on any atom is 0.138 e. The minimum absolute atomic E-state index is 0.250. The van der Waals surface area contributed by atoms with E-state index in [4.69, 9.17) is 0 Å². The predicted octanol–water partition coefficient (Wildman–Crippen LogP) is 1.60. The van der Waals surface area contributed by atoms with Crippen molar-refractivity contribution < 1.29 is 0 Å². The smallest absolute Gasteiger partial charge is 0.138 e. The molecular weight excluding hydrogens is 250 g/mol. The fourth-order valence-corrected chi connectivity index (χ4v) is 3.66. The van der Waals surface area contributed by atoms with Crippen LogP contribution >= 0.6 is 0 Å². The van der Waals surface area contributed by atoms with Crippen molar-refractivity contribution in [3.8, 4) is 0 Å². The summed E-state index contributed by atoms with van der Waals surface area (Å²) in [5.41, 5.74) is 0.250. The number of likely N-dealkylation sites (N-methyl/N-ethyl adjacent to an activating group) is 2. The quantitative estimate of drug-likeness (QED) is 0.859. The average molecular weight is 279 g/mol. The topological polar surface area (TPSA) is 46.0 Å². The van der Waals surface area contributed by atoms with Crippen LogP contribution in [0.4, 0.5) is 0 Å². The van der Waals surface area contributed by atoms with Gasteiger partial charge in [0.05, 0.1) is 0 Å². The first kappa shape index (κ1) is 15.4. The van der Waals surface area contributed by atoms with Crippen LogP contribution in [0.15, 0.2) is 6.33 Å². The third-order valence-corrected chi connectivity index (χ3v) is 4.90. The normalized spacial score (nSPS) is 20.2. The molecular formula is C15H29N5. The zero-order valence-electron chi connectivity index (χ0n) is 13.4. The Kier molecular flexibility index (Phi) is 5.16. The summed E-state index contributed by atoms with van der Waals surface area (Å²) in [5.74, 6) is 1.07. The highest BCUT2D eigenvalue weighted by Gasteiger charge is 2.41. The van der Waals surface area contributed by atoms with Crippen LogP contribution in [-0.2, 0) is 13.5 Å². The van der Waals surface area contributed by atoms with Crippen molar-refractivity contribution in [1.29, 1.82) is 0 Å². The van der Waals surface area contributed by atoms with Gasteiger partial charge in [-0.25, -0.2) is 4.98 Å². The molecule has 5 heteroatoms. The molecule has 114 valence electrons. The van der Waals surface area contributed by atoms with Crippen molar-refractivity contribution in [3.05, 3.63) is 12.2 Å². The lowest BCUT2D eigenvalue weighted by Gasteiger charge is -2.48. The molecule has 1 fully saturated rings. The zero-order valence-corrected chi connectivity index (χ0v) is 13.4. The second-order valence-electron chi connectivity index (χ2n) is 6.17. The highest BCUT2D eigenvalue weighted by atomic mass is 15.3. The molecule has 1 atom stereocenters. The summed E-state index contributed by atoms with van der Waals surface area (Å²) >= 11 is 0. The van der Waals surface area contributed by atoms with Crippen LogP contribution in [0.25, 0.3) is 0 Å². The largest absolute Gasteiger partial charge is 0.312 e. The van der Waals surface area contributed by atoms with Crippen LogP contribution in [0.5, 0.6) is 0 Å². The minimum Gasteiger partial charge on any atom is -0.312 e. The molecule has 1 heterocycles. The number of aromatic nitrogens is 3. The lowest BCUT2D eigenvalue weighted by atomic mass is 9.74. The van der Waals surface area contributed by atoms with E-state index in [1.165, 1.54) is 32.1 Å². The van der Waals surface area contributed by atoms with Crippen molar-refractivity contribution in [2.45, 2.75) is 57.0 Å². The molecule has 1 aromatic rings. The molecule has 1 aliphatic rings. The summed E-state index contributed by atoms with van der Waals surface area (Å²) in [7, 11) is 6.44. The van der Waals surface area contributed by atoms with E-state index in [0.717, 1.165) is 18.8 Å². The Morgan fingerprint density at radius 2 is 2.05 bits per heavy atom. The van der Waals surface area contributed by atoms with E-state index in [-0.39, 0.29) is 5.54 Å². The third kappa shape index (κ3) is 3.04. The lowest BCUT2D eigenvalue weighted by Crippen LogP contribution is -2.61. The fraction of sp³-hybridized carbons (Fsp3) is 0.867. The minimum atomic E-state index is 0.250. The first-order chi connectivity index (χ1) is 9.60. The molecule has 5 nitrogen and oxygen atoms in total. The lowest BCUT2D eigenvalue weighted by molar-refractivity contribution is 0.0564. The molecule has 0 aromatic carbocycles. The summed E-state index contributed by atoms with van der Waals surface area (Å²) < 4.78 is 1.90. The number of rotatable bonds is 6. The van der Waals surface area contributed by atoms with Gasteiger partial charge >= 0.3 is 0 Å². The Labute approximate surface area is 122 Å². The van der Waals surface area contributed by atoms with Gasteiger partial charge in [0.25, 0.3) is 0 Å². The molecule has 2 rings (SSSR count). The van der Waals surface area contributed by atoms with Gasteiger partial charge in [0.1, 0.15) is 12.2 Å². The second kappa shape index (κ2) is 6.68. The Hall–Kier alpha value is -0.940. The van der Waals surface area contributed by atoms with Crippen LogP contribution in [0.1, 0.15) is 44.9 Å². The van der Waals surface area contributed by atoms with Crippen molar-refractivity contribution in [2.75, 3.05) is 20.6 Å². The van der Waals surface area contributed by atoms with Crippen molar-refractivity contribution in [3.63, 3.8) is 0 Å². The highest BCUT2D eigenvalue weighted by molar-refractivity contribution is 5.04. The van der Waals surface area contributed by atoms with Gasteiger partial charge in [-0.3, -0.25) is 4.68 Å². The Balaban J connectivity index is 2.22. The van der Waals surface area contributed by atoms with Crippen molar-refractivity contribution in [2.24, 2.45) is 7.05 Å². The summed E-state index contributed by atoms with van der Waals surface area (Å²) in [6.45, 7) is 3.19. The highest BCUT2D eigenvalue weighted by Crippen LogP contribution is 2.36. The number of nitrogens with zero attached hydrogens (tertiary/aromatic N) is 4.